The molecule has 12 heteroatoms. The average Bonchev–Trinajstić information content (AvgIpc) is 3.45. The molecule has 5 rings (SSSR count). The highest BCUT2D eigenvalue weighted by atomic mass is 19.3. The molecule has 1 saturated carbocycles. The Labute approximate surface area is 207 Å². The number of aliphatic hydroxyl groups is 1. The van der Waals surface area contributed by atoms with Crippen molar-refractivity contribution in [2.45, 2.75) is 64.2 Å². The van der Waals surface area contributed by atoms with Crippen molar-refractivity contribution in [3.05, 3.63) is 35.9 Å². The summed E-state index contributed by atoms with van der Waals surface area (Å²) in [7, 11) is 0. The summed E-state index contributed by atoms with van der Waals surface area (Å²) in [6.45, 7) is 5.39. The summed E-state index contributed by atoms with van der Waals surface area (Å²) in [6, 6.07) is 1.76. The van der Waals surface area contributed by atoms with E-state index in [1.807, 2.05) is 13.8 Å². The van der Waals surface area contributed by atoms with Gasteiger partial charge in [0.25, 0.3) is 12.3 Å². The molecule has 10 nitrogen and oxygen atoms in total. The van der Waals surface area contributed by atoms with Crippen LogP contribution in [0.5, 0.6) is 0 Å². The summed E-state index contributed by atoms with van der Waals surface area (Å²) in [5.41, 5.74) is 5.86. The maximum Gasteiger partial charge on any atom is 0.363 e. The van der Waals surface area contributed by atoms with Crippen LogP contribution in [0.15, 0.2) is 24.7 Å². The van der Waals surface area contributed by atoms with Crippen LogP contribution in [0.2, 0.25) is 0 Å². The molecule has 3 N–H and O–H groups in total. The molecule has 2 atom stereocenters. The van der Waals surface area contributed by atoms with Gasteiger partial charge in [-0.25, -0.2) is 8.78 Å². The summed E-state index contributed by atoms with van der Waals surface area (Å²) in [5.74, 6) is 0.196. The van der Waals surface area contributed by atoms with E-state index in [0.29, 0.717) is 18.9 Å². The molecular formula is C24H32F2N7O3+. The third kappa shape index (κ3) is 4.55. The number of ether oxygens (including phenoxy) is 1. The smallest absolute Gasteiger partial charge is 0.363 e. The zero-order valence-electron chi connectivity index (χ0n) is 20.4. The molecule has 36 heavy (non-hydrogen) atoms. The fourth-order valence-corrected chi connectivity index (χ4v) is 5.41. The van der Waals surface area contributed by atoms with Crippen LogP contribution in [0, 0.1) is 5.92 Å². The number of anilines is 1. The number of rotatable bonds is 6. The number of primary amides is 1. The van der Waals surface area contributed by atoms with E-state index in [4.69, 9.17) is 15.5 Å². The Morgan fingerprint density at radius 2 is 1.92 bits per heavy atom. The minimum absolute atomic E-state index is 0.0194. The minimum atomic E-state index is -2.81. The fourth-order valence-electron chi connectivity index (χ4n) is 5.41. The van der Waals surface area contributed by atoms with Crippen molar-refractivity contribution in [1.29, 1.82) is 0 Å². The van der Waals surface area contributed by atoms with Crippen LogP contribution in [0.4, 0.5) is 14.6 Å². The summed E-state index contributed by atoms with van der Waals surface area (Å²) in [4.78, 5) is 19.1. The maximum atomic E-state index is 14.1. The monoisotopic (exact) mass is 504 g/mol. The third-order valence-corrected chi connectivity index (χ3v) is 7.18. The first-order chi connectivity index (χ1) is 17.2. The van der Waals surface area contributed by atoms with Gasteiger partial charge in [-0.1, -0.05) is 0 Å². The van der Waals surface area contributed by atoms with Crippen molar-refractivity contribution in [1.82, 2.24) is 19.4 Å². The number of aliphatic hydroxyl groups excluding tert-OH is 1. The number of hydrogen-bond acceptors (Lipinski definition) is 6. The Morgan fingerprint density at radius 3 is 2.53 bits per heavy atom. The third-order valence-electron chi connectivity index (χ3n) is 7.18. The highest BCUT2D eigenvalue weighted by Gasteiger charge is 2.32. The van der Waals surface area contributed by atoms with Crippen LogP contribution in [0.1, 0.15) is 68.0 Å². The lowest BCUT2D eigenvalue weighted by Crippen LogP contribution is -2.46. The molecule has 1 aliphatic heterocycles. The largest absolute Gasteiger partial charge is 0.396 e. The molecule has 194 valence electrons. The lowest BCUT2D eigenvalue weighted by molar-refractivity contribution is -0.600. The summed E-state index contributed by atoms with van der Waals surface area (Å²) in [5, 5.41) is 13.7. The molecule has 0 radical (unpaired) electrons. The minimum Gasteiger partial charge on any atom is -0.396 e. The topological polar surface area (TPSA) is 116 Å². The molecule has 0 bridgehead atoms. The zero-order chi connectivity index (χ0) is 25.6. The van der Waals surface area contributed by atoms with Gasteiger partial charge in [0.15, 0.2) is 11.3 Å². The standard InChI is InChI=1S/C24H31F2N7O3/c1-14-9-30(10-15(2)36-14)20-7-8-32-24(28-20)18(23(27)35)11-33(32)19-12-31(29-21(19)22(25)26)17-5-3-16(13-34)4-6-17/h7-8,11-12,14-17,22,34H,3-6,9-10,13H2,1-2H3,(H-,27,35)/p+1/t14-,15-,16?,17?/m1/s1. The average molecular weight is 505 g/mol. The highest BCUT2D eigenvalue weighted by Crippen LogP contribution is 2.34. The molecule has 4 heterocycles. The maximum absolute atomic E-state index is 14.1. The Balaban J connectivity index is 1.56. The first-order valence-corrected chi connectivity index (χ1v) is 12.4. The molecule has 0 spiro atoms. The predicted molar refractivity (Wildman–Crippen MR) is 126 cm³/mol. The molecule has 3 aromatic rings. The second kappa shape index (κ2) is 9.74. The molecule has 2 aliphatic rings. The zero-order valence-corrected chi connectivity index (χ0v) is 20.4. The Morgan fingerprint density at radius 1 is 1.22 bits per heavy atom. The van der Waals surface area contributed by atoms with Crippen LogP contribution in [-0.2, 0) is 4.74 Å². The van der Waals surface area contributed by atoms with Gasteiger partial charge in [-0.3, -0.25) is 9.48 Å². The summed E-state index contributed by atoms with van der Waals surface area (Å²) >= 11 is 0. The van der Waals surface area contributed by atoms with Gasteiger partial charge >= 0.3 is 5.65 Å². The number of nitrogens with two attached hydrogens (primary N) is 1. The number of aromatic nitrogens is 5. The lowest BCUT2D eigenvalue weighted by Gasteiger charge is -2.34. The SMILES string of the molecule is C[C@@H]1CN(c2cc[n+]3c(n2)c(C(N)=O)cn3-c2cn(C3CCC(CO)CC3)nc2C(F)F)C[C@@H](C)O1. The van der Waals surface area contributed by atoms with Crippen molar-refractivity contribution < 1.29 is 27.9 Å². The van der Waals surface area contributed by atoms with E-state index >= 15 is 0 Å². The van der Waals surface area contributed by atoms with Crippen molar-refractivity contribution in [2.24, 2.45) is 11.7 Å². The van der Waals surface area contributed by atoms with Crippen molar-refractivity contribution in [2.75, 3.05) is 24.6 Å². The predicted octanol–water partition coefficient (Wildman–Crippen LogP) is 2.18. The van der Waals surface area contributed by atoms with E-state index in [0.717, 1.165) is 25.7 Å². The van der Waals surface area contributed by atoms with Gasteiger partial charge in [0.05, 0.1) is 30.6 Å². The van der Waals surface area contributed by atoms with E-state index in [1.165, 1.54) is 10.9 Å². The second-order valence-corrected chi connectivity index (χ2v) is 9.91. The van der Waals surface area contributed by atoms with E-state index in [-0.39, 0.29) is 53.4 Å². The van der Waals surface area contributed by atoms with Crippen molar-refractivity contribution in [3.8, 4) is 5.69 Å². The van der Waals surface area contributed by atoms with Gasteiger partial charge < -0.3 is 20.5 Å². The van der Waals surface area contributed by atoms with Crippen LogP contribution < -0.4 is 15.1 Å². The quantitative estimate of drug-likeness (QED) is 0.498. The van der Waals surface area contributed by atoms with Crippen LogP contribution >= 0.6 is 0 Å². The Hall–Kier alpha value is -3.12. The van der Waals surface area contributed by atoms with Crippen molar-refractivity contribution >= 4 is 17.4 Å². The summed E-state index contributed by atoms with van der Waals surface area (Å²) < 4.78 is 38.6. The molecule has 1 aliphatic carbocycles. The Kier molecular flexibility index (Phi) is 6.64. The van der Waals surface area contributed by atoms with E-state index in [9.17, 15) is 18.7 Å². The number of alkyl halides is 2. The number of morpholine rings is 1. The highest BCUT2D eigenvalue weighted by molar-refractivity contribution is 5.97. The van der Waals surface area contributed by atoms with Crippen molar-refractivity contribution in [3.63, 3.8) is 0 Å². The lowest BCUT2D eigenvalue weighted by atomic mass is 9.87. The molecule has 2 fully saturated rings. The Bertz CT molecular complexity index is 1240. The van der Waals surface area contributed by atoms with Crippen LogP contribution in [0.3, 0.4) is 0 Å². The van der Waals surface area contributed by atoms with Crippen LogP contribution in [-0.4, -0.2) is 62.4 Å². The number of carbonyl (C=O) groups is 1. The molecule has 0 aromatic carbocycles. The first kappa shape index (κ1) is 24.6. The normalized spacial score (nSPS) is 25.1. The number of hydrogen-bond donors (Lipinski definition) is 2. The molecule has 3 aromatic heterocycles. The van der Waals surface area contributed by atoms with E-state index in [2.05, 4.69) is 10.00 Å². The molecular weight excluding hydrogens is 472 g/mol. The van der Waals surface area contributed by atoms with Gasteiger partial charge in [-0.15, -0.1) is 4.52 Å². The summed E-state index contributed by atoms with van der Waals surface area (Å²) in [6.07, 6.45) is 5.11. The van der Waals surface area contributed by atoms with Gasteiger partial charge in [0.2, 0.25) is 5.82 Å². The number of halogens is 2. The first-order valence-electron chi connectivity index (χ1n) is 12.4. The van der Waals surface area contributed by atoms with E-state index < -0.39 is 12.3 Å². The van der Waals surface area contributed by atoms with Gasteiger partial charge in [0, 0.05) is 25.8 Å². The number of fused-ring (bicyclic) bond motifs is 1. The number of amides is 1. The second-order valence-electron chi connectivity index (χ2n) is 9.91. The van der Waals surface area contributed by atoms with Gasteiger partial charge in [-0.05, 0) is 50.4 Å². The molecule has 1 amide bonds. The van der Waals surface area contributed by atoms with Gasteiger partial charge in [0.1, 0.15) is 11.9 Å². The number of carbonyl (C=O) groups excluding carboxylic acids is 1. The number of nitrogens with zero attached hydrogens (tertiary/aromatic N) is 6. The molecule has 1 saturated heterocycles. The van der Waals surface area contributed by atoms with E-state index in [1.54, 1.807) is 27.7 Å². The van der Waals surface area contributed by atoms with Crippen LogP contribution in [0.25, 0.3) is 11.3 Å². The fraction of sp³-hybridized carbons (Fsp3) is 0.583. The van der Waals surface area contributed by atoms with Gasteiger partial charge in [-0.2, -0.15) is 9.78 Å². The molecule has 0 unspecified atom stereocenters.